The lowest BCUT2D eigenvalue weighted by Crippen LogP contribution is -2.41. The summed E-state index contributed by atoms with van der Waals surface area (Å²) in [5, 5.41) is 10.5. The Labute approximate surface area is 158 Å². The molecule has 0 amide bonds. The first-order valence-electron chi connectivity index (χ1n) is 8.44. The van der Waals surface area contributed by atoms with Crippen LogP contribution in [0.15, 0.2) is 42.5 Å². The molecule has 2 aromatic rings. The van der Waals surface area contributed by atoms with Gasteiger partial charge in [-0.1, -0.05) is 65.2 Å². The van der Waals surface area contributed by atoms with E-state index in [1.54, 1.807) is 6.07 Å². The van der Waals surface area contributed by atoms with Crippen LogP contribution in [0.4, 0.5) is 0 Å². The zero-order chi connectivity index (χ0) is 18.0. The fraction of sp³-hybridized carbons (Fsp3) is 0.350. The van der Waals surface area contributed by atoms with Crippen molar-refractivity contribution in [3.8, 4) is 0 Å². The van der Waals surface area contributed by atoms with Gasteiger partial charge in [0.1, 0.15) is 0 Å². The number of likely N-dealkylation sites (tertiary alicyclic amines) is 1. The van der Waals surface area contributed by atoms with Crippen molar-refractivity contribution in [2.45, 2.75) is 25.8 Å². The lowest BCUT2D eigenvalue weighted by Gasteiger charge is -2.38. The molecule has 1 saturated heterocycles. The molecule has 3 nitrogen and oxygen atoms in total. The van der Waals surface area contributed by atoms with Gasteiger partial charge in [-0.15, -0.1) is 0 Å². The van der Waals surface area contributed by atoms with E-state index in [2.05, 4.69) is 29.2 Å². The Bertz CT molecular complexity index is 761. The highest BCUT2D eigenvalue weighted by atomic mass is 35.5. The van der Waals surface area contributed by atoms with E-state index in [4.69, 9.17) is 23.2 Å². The van der Waals surface area contributed by atoms with E-state index in [9.17, 15) is 9.90 Å². The molecule has 1 aliphatic rings. The number of rotatable bonds is 4. The Morgan fingerprint density at radius 3 is 2.60 bits per heavy atom. The third-order valence-electron chi connectivity index (χ3n) is 4.84. The summed E-state index contributed by atoms with van der Waals surface area (Å²) in [5.74, 6) is -1.08. The van der Waals surface area contributed by atoms with Crippen molar-refractivity contribution in [3.63, 3.8) is 0 Å². The van der Waals surface area contributed by atoms with E-state index < -0.39 is 5.97 Å². The molecule has 5 heteroatoms. The van der Waals surface area contributed by atoms with Crippen LogP contribution in [0, 0.1) is 12.8 Å². The molecule has 2 atom stereocenters. The van der Waals surface area contributed by atoms with E-state index in [-0.39, 0.29) is 12.0 Å². The molecule has 0 spiro atoms. The largest absolute Gasteiger partial charge is 0.481 e. The van der Waals surface area contributed by atoms with Crippen LogP contribution in [0.2, 0.25) is 10.0 Å². The minimum atomic E-state index is -0.732. The first-order chi connectivity index (χ1) is 12.0. The van der Waals surface area contributed by atoms with E-state index in [0.29, 0.717) is 16.6 Å². The lowest BCUT2D eigenvalue weighted by atomic mass is 9.91. The molecule has 1 N–H and O–H groups in total. The Hall–Kier alpha value is -1.55. The molecule has 1 aliphatic heterocycles. The normalized spacial score (nSPS) is 19.6. The summed E-state index contributed by atoms with van der Waals surface area (Å²) < 4.78 is 0. The molecule has 0 saturated carbocycles. The summed E-state index contributed by atoms with van der Waals surface area (Å²) in [5.41, 5.74) is 3.20. The number of hydrogen-bond donors (Lipinski definition) is 1. The fourth-order valence-corrected chi connectivity index (χ4v) is 3.92. The van der Waals surface area contributed by atoms with Crippen LogP contribution in [-0.4, -0.2) is 29.1 Å². The highest BCUT2D eigenvalue weighted by Gasteiger charge is 2.32. The Morgan fingerprint density at radius 2 is 1.92 bits per heavy atom. The molecule has 0 radical (unpaired) electrons. The van der Waals surface area contributed by atoms with Gasteiger partial charge < -0.3 is 5.11 Å². The summed E-state index contributed by atoms with van der Waals surface area (Å²) >= 11 is 12.8. The van der Waals surface area contributed by atoms with Crippen molar-refractivity contribution >= 4 is 29.2 Å². The number of benzene rings is 2. The zero-order valence-corrected chi connectivity index (χ0v) is 15.6. The van der Waals surface area contributed by atoms with Gasteiger partial charge in [-0.2, -0.15) is 0 Å². The minimum Gasteiger partial charge on any atom is -0.481 e. The van der Waals surface area contributed by atoms with Crippen LogP contribution >= 0.6 is 23.2 Å². The van der Waals surface area contributed by atoms with Gasteiger partial charge in [0.25, 0.3) is 0 Å². The van der Waals surface area contributed by atoms with Crippen LogP contribution in [0.25, 0.3) is 0 Å². The highest BCUT2D eigenvalue weighted by molar-refractivity contribution is 6.42. The summed E-state index contributed by atoms with van der Waals surface area (Å²) in [4.78, 5) is 13.7. The van der Waals surface area contributed by atoms with Gasteiger partial charge >= 0.3 is 5.97 Å². The molecule has 0 aromatic heterocycles. The van der Waals surface area contributed by atoms with Crippen molar-refractivity contribution in [1.82, 2.24) is 4.90 Å². The molecule has 2 unspecified atom stereocenters. The molecule has 2 aromatic carbocycles. The molecule has 25 heavy (non-hydrogen) atoms. The number of halogens is 2. The first kappa shape index (κ1) is 18.2. The topological polar surface area (TPSA) is 40.5 Å². The molecule has 3 rings (SSSR count). The predicted octanol–water partition coefficient (Wildman–Crippen LogP) is 5.19. The maximum Gasteiger partial charge on any atom is 0.307 e. The maximum atomic E-state index is 11.5. The van der Waals surface area contributed by atoms with Crippen molar-refractivity contribution in [3.05, 3.63) is 69.2 Å². The first-order valence-corrected chi connectivity index (χ1v) is 9.20. The third kappa shape index (κ3) is 4.00. The molecule has 132 valence electrons. The highest BCUT2D eigenvalue weighted by Crippen LogP contribution is 2.38. The van der Waals surface area contributed by atoms with Gasteiger partial charge in [0.2, 0.25) is 0 Å². The summed E-state index contributed by atoms with van der Waals surface area (Å²) in [6.45, 7) is 3.40. The number of carboxylic acid groups (broad SMARTS) is 1. The lowest BCUT2D eigenvalue weighted by molar-refractivity contribution is -0.143. The average molecular weight is 378 g/mol. The summed E-state index contributed by atoms with van der Waals surface area (Å²) in [6, 6.07) is 13.8. The Balaban J connectivity index is 2.04. The number of aliphatic carboxylic acids is 1. The number of nitrogens with zero attached hydrogens (tertiary/aromatic N) is 1. The third-order valence-corrected chi connectivity index (χ3v) is 5.67. The predicted molar refractivity (Wildman–Crippen MR) is 101 cm³/mol. The van der Waals surface area contributed by atoms with Crippen molar-refractivity contribution in [2.24, 2.45) is 5.92 Å². The van der Waals surface area contributed by atoms with E-state index in [1.165, 1.54) is 5.56 Å². The van der Waals surface area contributed by atoms with Crippen LogP contribution in [0.3, 0.4) is 0 Å². The fourth-order valence-electron chi connectivity index (χ4n) is 3.51. The van der Waals surface area contributed by atoms with Gasteiger partial charge in [-0.25, -0.2) is 0 Å². The molecule has 1 fully saturated rings. The molecule has 1 heterocycles. The number of hydrogen-bond acceptors (Lipinski definition) is 2. The second-order valence-corrected chi connectivity index (χ2v) is 7.41. The smallest absolute Gasteiger partial charge is 0.307 e. The van der Waals surface area contributed by atoms with E-state index in [1.807, 2.05) is 19.1 Å². The molecular formula is C20H21Cl2NO2. The average Bonchev–Trinajstić information content (AvgIpc) is 2.61. The maximum absolute atomic E-state index is 11.5. The monoisotopic (exact) mass is 377 g/mol. The number of carboxylic acids is 1. The Kier molecular flexibility index (Phi) is 5.67. The van der Waals surface area contributed by atoms with Crippen molar-refractivity contribution < 1.29 is 9.90 Å². The van der Waals surface area contributed by atoms with Gasteiger partial charge in [0, 0.05) is 6.54 Å². The quantitative estimate of drug-likeness (QED) is 0.796. The Morgan fingerprint density at radius 1 is 1.20 bits per heavy atom. The second-order valence-electron chi connectivity index (χ2n) is 6.63. The van der Waals surface area contributed by atoms with Crippen LogP contribution in [0.1, 0.15) is 35.6 Å². The van der Waals surface area contributed by atoms with Gasteiger partial charge in [0.15, 0.2) is 0 Å². The SMILES string of the molecule is Cc1ccc(C(c2cccc(Cl)c2Cl)N2CCCC(C(=O)O)C2)cc1. The van der Waals surface area contributed by atoms with Gasteiger partial charge in [0.05, 0.1) is 22.0 Å². The minimum absolute atomic E-state index is 0.103. The number of piperidine rings is 1. The van der Waals surface area contributed by atoms with Crippen LogP contribution < -0.4 is 0 Å². The van der Waals surface area contributed by atoms with Crippen molar-refractivity contribution in [1.29, 1.82) is 0 Å². The zero-order valence-electron chi connectivity index (χ0n) is 14.1. The van der Waals surface area contributed by atoms with Gasteiger partial charge in [-0.05, 0) is 43.5 Å². The molecule has 0 aliphatic carbocycles. The van der Waals surface area contributed by atoms with Crippen molar-refractivity contribution in [2.75, 3.05) is 13.1 Å². The number of carbonyl (C=O) groups is 1. The summed E-state index contributed by atoms with van der Waals surface area (Å²) in [6.07, 6.45) is 1.58. The standard InChI is InChI=1S/C20H21Cl2NO2/c1-13-7-9-14(10-8-13)19(16-5-2-6-17(21)18(16)22)23-11-3-4-15(12-23)20(24)25/h2,5-10,15,19H,3-4,11-12H2,1H3,(H,24,25). The van der Waals surface area contributed by atoms with E-state index in [0.717, 1.165) is 30.5 Å². The number of aryl methyl sites for hydroxylation is 1. The van der Waals surface area contributed by atoms with Crippen LogP contribution in [-0.2, 0) is 4.79 Å². The van der Waals surface area contributed by atoms with Crippen LogP contribution in [0.5, 0.6) is 0 Å². The van der Waals surface area contributed by atoms with E-state index >= 15 is 0 Å². The van der Waals surface area contributed by atoms with Gasteiger partial charge in [-0.3, -0.25) is 9.69 Å². The summed E-state index contributed by atoms with van der Waals surface area (Å²) in [7, 11) is 0. The second kappa shape index (κ2) is 7.77. The molecular weight excluding hydrogens is 357 g/mol. The molecule has 0 bridgehead atoms.